The van der Waals surface area contributed by atoms with Crippen LogP contribution in [0, 0.1) is 5.92 Å². The van der Waals surface area contributed by atoms with Crippen LogP contribution in [-0.4, -0.2) is 17.0 Å². The number of halogens is 1. The predicted octanol–water partition coefficient (Wildman–Crippen LogP) is 2.04. The Morgan fingerprint density at radius 3 is 2.18 bits per heavy atom. The molecule has 2 bridgehead atoms. The summed E-state index contributed by atoms with van der Waals surface area (Å²) >= 11 is 2.22. The van der Waals surface area contributed by atoms with Crippen LogP contribution in [-0.2, 0) is 0 Å². The van der Waals surface area contributed by atoms with Gasteiger partial charge in [-0.3, -0.25) is 0 Å². The molecule has 2 saturated heterocycles. The van der Waals surface area contributed by atoms with E-state index in [1.807, 2.05) is 0 Å². The molecule has 2 rings (SSSR count). The molecule has 2 heterocycles. The molecule has 0 amide bonds. The fourth-order valence-electron chi connectivity index (χ4n) is 2.16. The molecule has 0 saturated carbocycles. The van der Waals surface area contributed by atoms with Gasteiger partial charge in [0.25, 0.3) is 0 Å². The highest BCUT2D eigenvalue weighted by Gasteiger charge is 2.33. The second-order valence-electron chi connectivity index (χ2n) is 3.53. The van der Waals surface area contributed by atoms with Crippen molar-refractivity contribution in [3.05, 3.63) is 0 Å². The molecule has 0 aliphatic carbocycles. The van der Waals surface area contributed by atoms with E-state index in [9.17, 15) is 0 Å². The number of rotatable bonds is 1. The SMILES string of the molecule is Cl.NCC1CC2CCC(C1)S2. The Kier molecular flexibility index (Phi) is 3.53. The number of hydrogen-bond donors (Lipinski definition) is 1. The van der Waals surface area contributed by atoms with Crippen LogP contribution in [0.25, 0.3) is 0 Å². The summed E-state index contributed by atoms with van der Waals surface area (Å²) in [5, 5.41) is 1.96. The van der Waals surface area contributed by atoms with Crippen LogP contribution >= 0.6 is 24.2 Å². The lowest BCUT2D eigenvalue weighted by molar-refractivity contribution is 0.465. The second kappa shape index (κ2) is 4.01. The van der Waals surface area contributed by atoms with E-state index in [4.69, 9.17) is 5.73 Å². The zero-order chi connectivity index (χ0) is 6.97. The van der Waals surface area contributed by atoms with E-state index < -0.39 is 0 Å². The molecule has 0 radical (unpaired) electrons. The van der Waals surface area contributed by atoms with Gasteiger partial charge < -0.3 is 5.73 Å². The second-order valence-corrected chi connectivity index (χ2v) is 5.14. The molecule has 2 aliphatic rings. The predicted molar refractivity (Wildman–Crippen MR) is 53.4 cm³/mol. The maximum absolute atomic E-state index is 5.65. The Balaban J connectivity index is 0.000000605. The van der Waals surface area contributed by atoms with Gasteiger partial charge in [-0.05, 0) is 38.1 Å². The maximum atomic E-state index is 5.65. The Morgan fingerprint density at radius 1 is 1.18 bits per heavy atom. The largest absolute Gasteiger partial charge is 0.330 e. The normalized spacial score (nSPS) is 41.7. The molecule has 0 aromatic rings. The van der Waals surface area contributed by atoms with Gasteiger partial charge in [-0.2, -0.15) is 11.8 Å². The summed E-state index contributed by atoms with van der Waals surface area (Å²) < 4.78 is 0. The highest BCUT2D eigenvalue weighted by Crippen LogP contribution is 2.45. The van der Waals surface area contributed by atoms with Crippen LogP contribution in [0.15, 0.2) is 0 Å². The summed E-state index contributed by atoms with van der Waals surface area (Å²) in [6.45, 7) is 0.924. The van der Waals surface area contributed by atoms with Crippen LogP contribution in [0.2, 0.25) is 0 Å². The van der Waals surface area contributed by atoms with Crippen molar-refractivity contribution >= 4 is 24.2 Å². The fraction of sp³-hybridized carbons (Fsp3) is 1.00. The van der Waals surface area contributed by atoms with Crippen molar-refractivity contribution in [2.24, 2.45) is 11.7 Å². The summed E-state index contributed by atoms with van der Waals surface area (Å²) in [5.74, 6) is 0.860. The van der Waals surface area contributed by atoms with Gasteiger partial charge in [0.2, 0.25) is 0 Å². The number of nitrogens with two attached hydrogens (primary N) is 1. The maximum Gasteiger partial charge on any atom is 0.00533 e. The van der Waals surface area contributed by atoms with Crippen molar-refractivity contribution in [2.45, 2.75) is 36.2 Å². The molecule has 0 aromatic heterocycles. The summed E-state index contributed by atoms with van der Waals surface area (Å²) in [7, 11) is 0. The molecule has 0 aromatic carbocycles. The van der Waals surface area contributed by atoms with Crippen molar-refractivity contribution in [1.82, 2.24) is 0 Å². The first-order valence-electron chi connectivity index (χ1n) is 4.24. The van der Waals surface area contributed by atoms with Gasteiger partial charge in [0.05, 0.1) is 0 Å². The Labute approximate surface area is 78.9 Å². The third kappa shape index (κ3) is 2.04. The van der Waals surface area contributed by atoms with E-state index in [2.05, 4.69) is 11.8 Å². The minimum absolute atomic E-state index is 0. The van der Waals surface area contributed by atoms with Gasteiger partial charge in [-0.1, -0.05) is 0 Å². The van der Waals surface area contributed by atoms with Gasteiger partial charge in [0.1, 0.15) is 0 Å². The first-order chi connectivity index (χ1) is 4.88. The molecule has 2 N–H and O–H groups in total. The number of thioether (sulfide) groups is 1. The summed E-state index contributed by atoms with van der Waals surface area (Å²) in [5.41, 5.74) is 5.65. The minimum Gasteiger partial charge on any atom is -0.330 e. The summed E-state index contributed by atoms with van der Waals surface area (Å²) in [6, 6.07) is 0. The zero-order valence-corrected chi connectivity index (χ0v) is 8.29. The van der Waals surface area contributed by atoms with E-state index in [-0.39, 0.29) is 12.4 Å². The van der Waals surface area contributed by atoms with E-state index in [0.29, 0.717) is 0 Å². The summed E-state index contributed by atoms with van der Waals surface area (Å²) in [6.07, 6.45) is 5.73. The van der Waals surface area contributed by atoms with Crippen LogP contribution < -0.4 is 5.73 Å². The molecule has 3 heteroatoms. The zero-order valence-electron chi connectivity index (χ0n) is 6.66. The van der Waals surface area contributed by atoms with Gasteiger partial charge in [0.15, 0.2) is 0 Å². The first-order valence-corrected chi connectivity index (χ1v) is 5.18. The Hall–Kier alpha value is 0.600. The minimum atomic E-state index is 0. The lowest BCUT2D eigenvalue weighted by Crippen LogP contribution is -2.23. The highest BCUT2D eigenvalue weighted by molar-refractivity contribution is 8.00. The molecule has 2 aliphatic heterocycles. The van der Waals surface area contributed by atoms with E-state index in [1.54, 1.807) is 0 Å². The number of fused-ring (bicyclic) bond motifs is 2. The summed E-state index contributed by atoms with van der Waals surface area (Å²) in [4.78, 5) is 0. The topological polar surface area (TPSA) is 26.0 Å². The molecule has 11 heavy (non-hydrogen) atoms. The monoisotopic (exact) mass is 193 g/mol. The molecule has 1 nitrogen and oxygen atoms in total. The van der Waals surface area contributed by atoms with Crippen molar-refractivity contribution in [1.29, 1.82) is 0 Å². The van der Waals surface area contributed by atoms with Crippen LogP contribution in [0.4, 0.5) is 0 Å². The van der Waals surface area contributed by atoms with Crippen LogP contribution in [0.1, 0.15) is 25.7 Å². The lowest BCUT2D eigenvalue weighted by Gasteiger charge is -2.25. The van der Waals surface area contributed by atoms with Gasteiger partial charge >= 0.3 is 0 Å². The number of hydrogen-bond acceptors (Lipinski definition) is 2. The van der Waals surface area contributed by atoms with Crippen LogP contribution in [0.3, 0.4) is 0 Å². The molecular weight excluding hydrogens is 178 g/mol. The molecule has 2 atom stereocenters. The van der Waals surface area contributed by atoms with Crippen molar-refractivity contribution in [3.8, 4) is 0 Å². The molecule has 2 fully saturated rings. The van der Waals surface area contributed by atoms with Gasteiger partial charge in [0, 0.05) is 10.5 Å². The first kappa shape index (κ1) is 9.69. The highest BCUT2D eigenvalue weighted by atomic mass is 35.5. The van der Waals surface area contributed by atoms with E-state index in [0.717, 1.165) is 23.0 Å². The average Bonchev–Trinajstić information content (AvgIpc) is 2.30. The van der Waals surface area contributed by atoms with Crippen molar-refractivity contribution < 1.29 is 0 Å². The molecule has 0 spiro atoms. The molecule has 2 unspecified atom stereocenters. The lowest BCUT2D eigenvalue weighted by atomic mass is 10.00. The van der Waals surface area contributed by atoms with Crippen molar-refractivity contribution in [3.63, 3.8) is 0 Å². The quantitative estimate of drug-likeness (QED) is 0.690. The standard InChI is InChI=1S/C8H15NS.ClH/c9-5-6-3-7-1-2-8(4-6)10-7;/h6-8H,1-5,9H2;1H. The molecular formula is C8H16ClNS. The van der Waals surface area contributed by atoms with Crippen molar-refractivity contribution in [2.75, 3.05) is 6.54 Å². The Bertz CT molecular complexity index is 119. The molecule has 66 valence electrons. The van der Waals surface area contributed by atoms with Crippen LogP contribution in [0.5, 0.6) is 0 Å². The van der Waals surface area contributed by atoms with Gasteiger partial charge in [-0.15, -0.1) is 12.4 Å². The third-order valence-corrected chi connectivity index (χ3v) is 4.35. The van der Waals surface area contributed by atoms with Gasteiger partial charge in [-0.25, -0.2) is 0 Å². The van der Waals surface area contributed by atoms with E-state index >= 15 is 0 Å². The van der Waals surface area contributed by atoms with E-state index in [1.165, 1.54) is 25.7 Å². The average molecular weight is 194 g/mol. The fourth-order valence-corrected chi connectivity index (χ4v) is 4.01. The smallest absolute Gasteiger partial charge is 0.00533 e. The Morgan fingerprint density at radius 2 is 1.73 bits per heavy atom. The third-order valence-electron chi connectivity index (χ3n) is 2.72.